The molecule has 1 aliphatic heterocycles. The highest BCUT2D eigenvalue weighted by atomic mass is 127. The Balaban J connectivity index is 0.00000162. The molecule has 6 heteroatoms. The van der Waals surface area contributed by atoms with Crippen LogP contribution in [0.2, 0.25) is 0 Å². The van der Waals surface area contributed by atoms with E-state index in [0.29, 0.717) is 0 Å². The van der Waals surface area contributed by atoms with Crippen LogP contribution in [0, 0.1) is 0 Å². The maximum absolute atomic E-state index is 9.75. The van der Waals surface area contributed by atoms with Crippen molar-refractivity contribution in [2.75, 3.05) is 0 Å². The van der Waals surface area contributed by atoms with Gasteiger partial charge in [-0.3, -0.25) is 5.21 Å². The van der Waals surface area contributed by atoms with E-state index in [1.807, 2.05) is 42.2 Å². The minimum absolute atomic E-state index is 0. The number of aromatic nitrogens is 1. The topological polar surface area (TPSA) is 39.4 Å². The van der Waals surface area contributed by atoms with E-state index < -0.39 is 0 Å². The summed E-state index contributed by atoms with van der Waals surface area (Å²) < 4.78 is 6.31. The van der Waals surface area contributed by atoms with E-state index in [4.69, 9.17) is 0 Å². The molecule has 0 saturated heterocycles. The Morgan fingerprint density at radius 1 is 1.61 bits per heavy atom. The fourth-order valence-corrected chi connectivity index (χ4v) is 2.43. The molecule has 0 aliphatic carbocycles. The lowest BCUT2D eigenvalue weighted by Gasteiger charge is -2.09. The predicted molar refractivity (Wildman–Crippen MR) is 68.3 cm³/mol. The van der Waals surface area contributed by atoms with Crippen LogP contribution in [-0.4, -0.2) is 9.68 Å². The fraction of sp³-hybridized carbons (Fsp3) is 0.250. The van der Waals surface area contributed by atoms with E-state index in [-0.39, 0.29) is 24.0 Å². The summed E-state index contributed by atoms with van der Waals surface area (Å²) in [5.74, 6) is 0. The van der Waals surface area contributed by atoms with Gasteiger partial charge < -0.3 is 28.7 Å². The van der Waals surface area contributed by atoms with Crippen LogP contribution in [0.3, 0.4) is 0 Å². The number of allylic oxidation sites excluding steroid dienone is 2. The van der Waals surface area contributed by atoms with Crippen LogP contribution in [0.4, 0.5) is 0 Å². The Labute approximate surface area is 129 Å². The highest BCUT2D eigenvalue weighted by Gasteiger charge is 2.23. The lowest BCUT2D eigenvalue weighted by atomic mass is 10.1. The molecular weight excluding hydrogens is 361 g/mol. The maximum Gasteiger partial charge on any atom is 0.177 e. The smallest absolute Gasteiger partial charge is 0.177 e. The summed E-state index contributed by atoms with van der Waals surface area (Å²) in [4.78, 5) is 0. The molecule has 1 aromatic rings. The number of hydrogen-bond donors (Lipinski definition) is 2. The van der Waals surface area contributed by atoms with Crippen LogP contribution in [0.1, 0.15) is 18.4 Å². The van der Waals surface area contributed by atoms with Crippen molar-refractivity contribution in [3.8, 4) is 0 Å². The normalized spacial score (nSPS) is 14.2. The molecule has 0 fully saturated rings. The van der Waals surface area contributed by atoms with Gasteiger partial charge in [0.25, 0.3) is 0 Å². The van der Waals surface area contributed by atoms with Crippen LogP contribution >= 0.6 is 12.1 Å². The van der Waals surface area contributed by atoms with Crippen LogP contribution < -0.4 is 33.3 Å². The monoisotopic (exact) mass is 377 g/mol. The van der Waals surface area contributed by atoms with Gasteiger partial charge in [-0.25, -0.2) is 4.57 Å². The Bertz CT molecular complexity index is 464. The number of hydroxylamine groups is 1. The summed E-state index contributed by atoms with van der Waals surface area (Å²) >= 11 is 1.19. The van der Waals surface area contributed by atoms with Crippen molar-refractivity contribution in [1.29, 1.82) is 0 Å². The highest BCUT2D eigenvalue weighted by Crippen LogP contribution is 2.32. The van der Waals surface area contributed by atoms with Crippen molar-refractivity contribution in [2.45, 2.75) is 12.8 Å². The third-order valence-electron chi connectivity index (χ3n) is 2.57. The van der Waals surface area contributed by atoms with Crippen LogP contribution in [0.15, 0.2) is 42.9 Å². The number of nitrogens with zero attached hydrogens (tertiary/aromatic N) is 2. The summed E-state index contributed by atoms with van der Waals surface area (Å²) in [5.41, 5.74) is 2.93. The lowest BCUT2D eigenvalue weighted by molar-refractivity contribution is -0.671. The zero-order valence-corrected chi connectivity index (χ0v) is 13.1. The van der Waals surface area contributed by atoms with Gasteiger partial charge in [-0.2, -0.15) is 4.47 Å². The van der Waals surface area contributed by atoms with Gasteiger partial charge in [0.05, 0.1) is 29.1 Å². The summed E-state index contributed by atoms with van der Waals surface area (Å²) in [6.07, 6.45) is 7.47. The molecule has 18 heavy (non-hydrogen) atoms. The van der Waals surface area contributed by atoms with E-state index in [9.17, 15) is 5.21 Å². The Morgan fingerprint density at radius 3 is 3.06 bits per heavy atom. The van der Waals surface area contributed by atoms with Gasteiger partial charge >= 0.3 is 0 Å². The van der Waals surface area contributed by atoms with Crippen molar-refractivity contribution in [2.24, 2.45) is 7.05 Å². The SMILES string of the molecule is C=CCCC1=C(c2ccc[n+](C)c2)NSN1O.[I-]. The molecule has 0 spiro atoms. The van der Waals surface area contributed by atoms with E-state index in [2.05, 4.69) is 11.3 Å². The van der Waals surface area contributed by atoms with Gasteiger partial charge in [0.1, 0.15) is 7.05 Å². The standard InChI is InChI=1S/C12H16N3OS.HI/c1-3-4-7-11-12(13-17-15(11)16)10-6-5-8-14(2)9-10;/h3,5-6,8-9,13,16H,1,4,7H2,2H3;1H/q+1;/p-1. The van der Waals surface area contributed by atoms with Crippen molar-refractivity contribution < 1.29 is 33.8 Å². The minimum atomic E-state index is 0. The molecule has 2 N–H and O–H groups in total. The Morgan fingerprint density at radius 2 is 2.39 bits per heavy atom. The molecule has 0 bridgehead atoms. The fourth-order valence-electron chi connectivity index (χ4n) is 1.72. The Hall–Kier alpha value is -0.730. The maximum atomic E-state index is 9.75. The molecule has 2 heterocycles. The van der Waals surface area contributed by atoms with Gasteiger partial charge in [0.2, 0.25) is 0 Å². The number of nitrogens with one attached hydrogen (secondary N) is 1. The number of pyridine rings is 1. The van der Waals surface area contributed by atoms with Crippen molar-refractivity contribution >= 4 is 17.8 Å². The first kappa shape index (κ1) is 15.3. The second-order valence-electron chi connectivity index (χ2n) is 3.87. The zero-order valence-electron chi connectivity index (χ0n) is 10.1. The van der Waals surface area contributed by atoms with E-state index >= 15 is 0 Å². The quantitative estimate of drug-likeness (QED) is 0.306. The van der Waals surface area contributed by atoms with Gasteiger partial charge in [-0.05, 0) is 18.9 Å². The molecule has 0 amide bonds. The molecule has 0 atom stereocenters. The number of hydrogen-bond acceptors (Lipinski definition) is 4. The second kappa shape index (κ2) is 7.01. The summed E-state index contributed by atoms with van der Waals surface area (Å²) in [7, 11) is 1.98. The molecule has 2 rings (SSSR count). The Kier molecular flexibility index (Phi) is 5.97. The van der Waals surface area contributed by atoms with Gasteiger partial charge in [-0.15, -0.1) is 6.58 Å². The highest BCUT2D eigenvalue weighted by molar-refractivity contribution is 7.95. The molecule has 0 aromatic carbocycles. The summed E-state index contributed by atoms with van der Waals surface area (Å²) in [5, 5.41) is 9.75. The first-order valence-electron chi connectivity index (χ1n) is 5.44. The van der Waals surface area contributed by atoms with Gasteiger partial charge in [0, 0.05) is 6.07 Å². The van der Waals surface area contributed by atoms with Gasteiger partial charge in [0.15, 0.2) is 12.4 Å². The third-order valence-corrected chi connectivity index (χ3v) is 3.26. The number of aryl methyl sites for hydroxylation is 1. The largest absolute Gasteiger partial charge is 1.00 e. The van der Waals surface area contributed by atoms with Crippen molar-refractivity contribution in [1.82, 2.24) is 9.19 Å². The van der Waals surface area contributed by atoms with E-state index in [1.54, 1.807) is 0 Å². The molecule has 0 saturated carbocycles. The first-order chi connectivity index (χ1) is 8.22. The average molecular weight is 377 g/mol. The van der Waals surface area contributed by atoms with Crippen molar-refractivity contribution in [3.05, 3.63) is 48.4 Å². The molecule has 0 unspecified atom stereocenters. The number of halogens is 1. The molecular formula is C12H16IN3OS. The molecule has 0 radical (unpaired) electrons. The summed E-state index contributed by atoms with van der Waals surface area (Å²) in [6.45, 7) is 3.70. The van der Waals surface area contributed by atoms with Crippen molar-refractivity contribution in [3.63, 3.8) is 0 Å². The minimum Gasteiger partial charge on any atom is -1.00 e. The first-order valence-corrected chi connectivity index (χ1v) is 6.21. The molecule has 4 nitrogen and oxygen atoms in total. The summed E-state index contributed by atoms with van der Waals surface area (Å²) in [6, 6.07) is 4.01. The lowest BCUT2D eigenvalue weighted by Crippen LogP contribution is -3.00. The van der Waals surface area contributed by atoms with Crippen LogP contribution in [0.5, 0.6) is 0 Å². The third kappa shape index (κ3) is 3.39. The predicted octanol–water partition coefficient (Wildman–Crippen LogP) is -0.992. The zero-order chi connectivity index (χ0) is 12.3. The second-order valence-corrected chi connectivity index (χ2v) is 4.61. The number of rotatable bonds is 4. The molecule has 98 valence electrons. The van der Waals surface area contributed by atoms with Gasteiger partial charge in [-0.1, -0.05) is 6.08 Å². The molecule has 1 aliphatic rings. The van der Waals surface area contributed by atoms with Crippen LogP contribution in [0.25, 0.3) is 5.70 Å². The average Bonchev–Trinajstić information content (AvgIpc) is 2.68. The molecule has 1 aromatic heterocycles. The van der Waals surface area contributed by atoms with E-state index in [1.165, 1.54) is 16.6 Å². The van der Waals surface area contributed by atoms with E-state index in [0.717, 1.165) is 29.8 Å². The van der Waals surface area contributed by atoms with Crippen LogP contribution in [-0.2, 0) is 7.05 Å².